The van der Waals surface area contributed by atoms with Crippen LogP contribution >= 0.6 is 0 Å². The van der Waals surface area contributed by atoms with Crippen molar-refractivity contribution < 1.29 is 9.59 Å². The largest absolute Gasteiger partial charge is 0.336 e. The van der Waals surface area contributed by atoms with Crippen molar-refractivity contribution in [3.05, 3.63) is 0 Å². The zero-order valence-electron chi connectivity index (χ0n) is 23.1. The Labute approximate surface area is 221 Å². The molecular formula is C32H54N2O2. The molecule has 0 aromatic rings. The van der Waals surface area contributed by atoms with Gasteiger partial charge in [-0.25, -0.2) is 0 Å². The number of amides is 2. The van der Waals surface area contributed by atoms with Gasteiger partial charge < -0.3 is 9.80 Å². The Hall–Kier alpha value is -1.06. The lowest BCUT2D eigenvalue weighted by molar-refractivity contribution is -0.148. The molecule has 0 heterocycles. The normalized spacial score (nSPS) is 30.1. The highest BCUT2D eigenvalue weighted by molar-refractivity contribution is 5.83. The predicted molar refractivity (Wildman–Crippen MR) is 147 cm³/mol. The molecule has 4 heteroatoms. The van der Waals surface area contributed by atoms with Crippen LogP contribution in [0.2, 0.25) is 0 Å². The zero-order chi connectivity index (χ0) is 24.7. The van der Waals surface area contributed by atoms with Gasteiger partial charge in [-0.1, -0.05) is 83.5 Å². The third kappa shape index (κ3) is 6.32. The van der Waals surface area contributed by atoms with Crippen LogP contribution in [0.5, 0.6) is 0 Å². The molecule has 0 bridgehead atoms. The first-order valence-electron chi connectivity index (χ1n) is 16.4. The molecular weight excluding hydrogens is 444 g/mol. The van der Waals surface area contributed by atoms with Gasteiger partial charge in [-0.3, -0.25) is 9.59 Å². The van der Waals surface area contributed by atoms with E-state index in [4.69, 9.17) is 0 Å². The fourth-order valence-corrected chi connectivity index (χ4v) is 8.81. The average Bonchev–Trinajstić information content (AvgIpc) is 2.96. The molecule has 0 spiro atoms. The lowest BCUT2D eigenvalue weighted by atomic mass is 9.77. The second kappa shape index (κ2) is 13.1. The van der Waals surface area contributed by atoms with Crippen LogP contribution in [-0.2, 0) is 9.59 Å². The minimum absolute atomic E-state index is 0.0797. The lowest BCUT2D eigenvalue weighted by Gasteiger charge is -2.46. The minimum atomic E-state index is 0.0797. The summed E-state index contributed by atoms with van der Waals surface area (Å²) in [5.74, 6) is 1.04. The monoisotopic (exact) mass is 498 g/mol. The van der Waals surface area contributed by atoms with E-state index in [1.54, 1.807) is 0 Å². The van der Waals surface area contributed by atoms with Gasteiger partial charge in [0.2, 0.25) is 11.8 Å². The Morgan fingerprint density at radius 2 is 0.639 bits per heavy atom. The van der Waals surface area contributed by atoms with Crippen molar-refractivity contribution in [3.63, 3.8) is 0 Å². The second-order valence-corrected chi connectivity index (χ2v) is 13.2. The summed E-state index contributed by atoms with van der Waals surface area (Å²) in [5.41, 5.74) is 0. The van der Waals surface area contributed by atoms with Gasteiger partial charge >= 0.3 is 0 Å². The summed E-state index contributed by atoms with van der Waals surface area (Å²) in [4.78, 5) is 33.3. The third-order valence-electron chi connectivity index (χ3n) is 10.8. The predicted octanol–water partition coefficient (Wildman–Crippen LogP) is 7.78. The first kappa shape index (κ1) is 26.5. The highest BCUT2D eigenvalue weighted by atomic mass is 16.2. The van der Waals surface area contributed by atoms with Gasteiger partial charge in [-0.15, -0.1) is 0 Å². The van der Waals surface area contributed by atoms with Crippen molar-refractivity contribution in [1.29, 1.82) is 0 Å². The molecule has 0 aliphatic heterocycles. The summed E-state index contributed by atoms with van der Waals surface area (Å²) in [6, 6.07) is 1.86. The standard InChI is InChI=1S/C32H54N2O2/c35-31(33(27-16-5-1-6-17-27)28-18-7-2-8-19-28)25-14-13-15-26(24-25)32(36)34(29-20-9-3-10-21-29)30-22-11-4-12-23-30/h25-30H,1-24H2/t25-,26?/m0/s1. The Bertz CT molecular complexity index is 605. The SMILES string of the molecule is O=C(C1CCC[C@H](C(=O)N(C2CCCCC2)C2CCCCC2)C1)N(C1CCCCC1)C1CCCCC1. The fourth-order valence-electron chi connectivity index (χ4n) is 8.81. The van der Waals surface area contributed by atoms with Gasteiger partial charge in [-0.05, 0) is 70.6 Å². The molecule has 2 atom stereocenters. The first-order chi connectivity index (χ1) is 17.7. The molecule has 36 heavy (non-hydrogen) atoms. The number of carbonyl (C=O) groups is 2. The fraction of sp³-hybridized carbons (Fsp3) is 0.938. The Morgan fingerprint density at radius 1 is 0.361 bits per heavy atom. The molecule has 2 amide bonds. The molecule has 5 saturated carbocycles. The van der Waals surface area contributed by atoms with Crippen molar-refractivity contribution in [1.82, 2.24) is 9.80 Å². The highest BCUT2D eigenvalue weighted by Crippen LogP contribution is 2.39. The summed E-state index contributed by atoms with van der Waals surface area (Å²) in [6.07, 6.45) is 29.1. The van der Waals surface area contributed by atoms with Crippen molar-refractivity contribution in [2.45, 2.75) is 178 Å². The summed E-state index contributed by atoms with van der Waals surface area (Å²) in [7, 11) is 0. The maximum absolute atomic E-state index is 14.2. The molecule has 4 nitrogen and oxygen atoms in total. The van der Waals surface area contributed by atoms with Gasteiger partial charge in [0.1, 0.15) is 0 Å². The maximum Gasteiger partial charge on any atom is 0.226 e. The average molecular weight is 499 g/mol. The van der Waals surface area contributed by atoms with Crippen LogP contribution < -0.4 is 0 Å². The second-order valence-electron chi connectivity index (χ2n) is 13.2. The zero-order valence-corrected chi connectivity index (χ0v) is 23.1. The lowest BCUT2D eigenvalue weighted by Crippen LogP contribution is -2.53. The Balaban J connectivity index is 1.29. The van der Waals surface area contributed by atoms with E-state index in [1.165, 1.54) is 128 Å². The highest BCUT2D eigenvalue weighted by Gasteiger charge is 2.42. The van der Waals surface area contributed by atoms with Crippen LogP contribution in [0.1, 0.15) is 154 Å². The van der Waals surface area contributed by atoms with E-state index in [0.29, 0.717) is 36.0 Å². The van der Waals surface area contributed by atoms with Crippen molar-refractivity contribution in [2.24, 2.45) is 11.8 Å². The number of rotatable bonds is 6. The van der Waals surface area contributed by atoms with E-state index in [-0.39, 0.29) is 11.8 Å². The van der Waals surface area contributed by atoms with E-state index in [0.717, 1.165) is 25.7 Å². The van der Waals surface area contributed by atoms with E-state index >= 15 is 0 Å². The van der Waals surface area contributed by atoms with Gasteiger partial charge in [0.15, 0.2) is 0 Å². The molecule has 0 N–H and O–H groups in total. The third-order valence-corrected chi connectivity index (χ3v) is 10.8. The van der Waals surface area contributed by atoms with E-state index in [1.807, 2.05) is 0 Å². The Kier molecular flexibility index (Phi) is 9.69. The van der Waals surface area contributed by atoms with Gasteiger partial charge in [0, 0.05) is 36.0 Å². The Morgan fingerprint density at radius 3 is 0.917 bits per heavy atom. The molecule has 0 aromatic carbocycles. The molecule has 5 aliphatic rings. The molecule has 5 rings (SSSR count). The summed E-state index contributed by atoms with van der Waals surface area (Å²) < 4.78 is 0. The molecule has 0 radical (unpaired) electrons. The van der Waals surface area contributed by atoms with Crippen LogP contribution in [0, 0.1) is 11.8 Å². The van der Waals surface area contributed by atoms with Gasteiger partial charge in [0.25, 0.3) is 0 Å². The van der Waals surface area contributed by atoms with Crippen molar-refractivity contribution in [3.8, 4) is 0 Å². The summed E-state index contributed by atoms with van der Waals surface area (Å²) in [6.45, 7) is 0. The van der Waals surface area contributed by atoms with Crippen LogP contribution in [0.15, 0.2) is 0 Å². The number of carbonyl (C=O) groups excluding carboxylic acids is 2. The number of nitrogens with zero attached hydrogens (tertiary/aromatic N) is 2. The molecule has 0 aromatic heterocycles. The molecule has 5 fully saturated rings. The van der Waals surface area contributed by atoms with E-state index < -0.39 is 0 Å². The van der Waals surface area contributed by atoms with Crippen LogP contribution in [0.3, 0.4) is 0 Å². The van der Waals surface area contributed by atoms with Gasteiger partial charge in [-0.2, -0.15) is 0 Å². The summed E-state index contributed by atoms with van der Waals surface area (Å²) >= 11 is 0. The number of hydrogen-bond donors (Lipinski definition) is 0. The van der Waals surface area contributed by atoms with Crippen molar-refractivity contribution in [2.75, 3.05) is 0 Å². The topological polar surface area (TPSA) is 40.6 Å². The molecule has 0 saturated heterocycles. The van der Waals surface area contributed by atoms with Crippen LogP contribution in [0.4, 0.5) is 0 Å². The van der Waals surface area contributed by atoms with Gasteiger partial charge in [0.05, 0.1) is 0 Å². The van der Waals surface area contributed by atoms with Crippen LogP contribution in [0.25, 0.3) is 0 Å². The van der Waals surface area contributed by atoms with Crippen LogP contribution in [-0.4, -0.2) is 45.8 Å². The summed E-state index contributed by atoms with van der Waals surface area (Å²) in [5, 5.41) is 0. The van der Waals surface area contributed by atoms with Crippen molar-refractivity contribution >= 4 is 11.8 Å². The minimum Gasteiger partial charge on any atom is -0.336 e. The number of hydrogen-bond acceptors (Lipinski definition) is 2. The molecule has 204 valence electrons. The molecule has 5 aliphatic carbocycles. The quantitative estimate of drug-likeness (QED) is 0.375. The van der Waals surface area contributed by atoms with E-state index in [2.05, 4.69) is 9.80 Å². The smallest absolute Gasteiger partial charge is 0.226 e. The maximum atomic E-state index is 14.2. The molecule has 1 unspecified atom stereocenters. The van der Waals surface area contributed by atoms with E-state index in [9.17, 15) is 9.59 Å². The first-order valence-corrected chi connectivity index (χ1v) is 16.4.